The van der Waals surface area contributed by atoms with Crippen molar-refractivity contribution in [2.45, 2.75) is 32.2 Å². The van der Waals surface area contributed by atoms with E-state index in [2.05, 4.69) is 17.6 Å². The highest BCUT2D eigenvalue weighted by Gasteiger charge is 2.19. The Balaban J connectivity index is 2.15. The molecule has 1 aliphatic rings. The Morgan fingerprint density at radius 1 is 1.60 bits per heavy atom. The summed E-state index contributed by atoms with van der Waals surface area (Å²) in [5.74, 6) is 0.244. The maximum Gasteiger partial charge on any atom is 0.159 e. The predicted octanol–water partition coefficient (Wildman–Crippen LogP) is 2.82. The van der Waals surface area contributed by atoms with Crippen molar-refractivity contribution >= 4 is 22.8 Å². The van der Waals surface area contributed by atoms with Crippen LogP contribution in [0.3, 0.4) is 0 Å². The molecule has 1 aliphatic heterocycles. The van der Waals surface area contributed by atoms with Crippen LogP contribution in [-0.2, 0) is 4.79 Å². The van der Waals surface area contributed by atoms with Crippen molar-refractivity contribution in [1.82, 2.24) is 5.32 Å². The maximum absolute atomic E-state index is 11.5. The first kappa shape index (κ1) is 10.4. The van der Waals surface area contributed by atoms with Crippen LogP contribution in [0.1, 0.15) is 31.7 Å². The van der Waals surface area contributed by atoms with Gasteiger partial charge in [-0.15, -0.1) is 0 Å². The maximum atomic E-state index is 11.5. The van der Waals surface area contributed by atoms with Gasteiger partial charge in [-0.25, -0.2) is 0 Å². The molecule has 0 spiro atoms. The fraction of sp³-hybridized carbons (Fsp3) is 0.417. The van der Waals surface area contributed by atoms with E-state index >= 15 is 0 Å². The largest absolute Gasteiger partial charge is 0.381 e. The molecule has 3 heteroatoms. The van der Waals surface area contributed by atoms with Crippen molar-refractivity contribution in [3.63, 3.8) is 0 Å². The summed E-state index contributed by atoms with van der Waals surface area (Å²) in [6.45, 7) is 2.15. The molecule has 0 unspecified atom stereocenters. The molecule has 1 aromatic heterocycles. The van der Waals surface area contributed by atoms with Gasteiger partial charge in [-0.05, 0) is 17.9 Å². The lowest BCUT2D eigenvalue weighted by atomic mass is 9.99. The molecular weight excluding hydrogens is 206 g/mol. The summed E-state index contributed by atoms with van der Waals surface area (Å²) in [4.78, 5) is 11.5. The van der Waals surface area contributed by atoms with Gasteiger partial charge >= 0.3 is 0 Å². The first-order valence-electron chi connectivity index (χ1n) is 5.33. The Morgan fingerprint density at radius 2 is 2.47 bits per heavy atom. The summed E-state index contributed by atoms with van der Waals surface area (Å²) in [6, 6.07) is 2.37. The molecule has 0 bridgehead atoms. The standard InChI is InChI=1S/C12H15NOS/c1-2-3-10-6-11(14)7-12(13-10)9-4-5-15-8-9/h4-5,7-8,10,13H,2-3,6H2,1H3/t10-/m0/s1. The van der Waals surface area contributed by atoms with Crippen LogP contribution in [0.4, 0.5) is 0 Å². The van der Waals surface area contributed by atoms with Gasteiger partial charge in [0.2, 0.25) is 0 Å². The molecule has 2 rings (SSSR count). The molecule has 0 aliphatic carbocycles. The molecule has 15 heavy (non-hydrogen) atoms. The van der Waals surface area contributed by atoms with E-state index in [1.165, 1.54) is 0 Å². The lowest BCUT2D eigenvalue weighted by molar-refractivity contribution is -0.115. The van der Waals surface area contributed by atoms with Gasteiger partial charge in [-0.3, -0.25) is 4.79 Å². The second kappa shape index (κ2) is 4.62. The minimum atomic E-state index is 0.244. The minimum absolute atomic E-state index is 0.244. The second-order valence-electron chi connectivity index (χ2n) is 3.87. The number of nitrogens with one attached hydrogen (secondary N) is 1. The van der Waals surface area contributed by atoms with Crippen LogP contribution in [0.5, 0.6) is 0 Å². The zero-order valence-corrected chi connectivity index (χ0v) is 9.64. The van der Waals surface area contributed by atoms with E-state index in [9.17, 15) is 4.79 Å². The second-order valence-corrected chi connectivity index (χ2v) is 4.65. The fourth-order valence-corrected chi connectivity index (χ4v) is 2.54. The van der Waals surface area contributed by atoms with Crippen LogP contribution in [0.2, 0.25) is 0 Å². The number of carbonyl (C=O) groups is 1. The number of allylic oxidation sites excluding steroid dienone is 1. The number of carbonyl (C=O) groups excluding carboxylic acids is 1. The van der Waals surface area contributed by atoms with Crippen LogP contribution in [0, 0.1) is 0 Å². The van der Waals surface area contributed by atoms with Crippen molar-refractivity contribution in [1.29, 1.82) is 0 Å². The molecule has 80 valence electrons. The number of hydrogen-bond acceptors (Lipinski definition) is 3. The normalized spacial score (nSPS) is 21.0. The van der Waals surface area contributed by atoms with Crippen molar-refractivity contribution in [3.05, 3.63) is 28.5 Å². The minimum Gasteiger partial charge on any atom is -0.381 e. The highest BCUT2D eigenvalue weighted by Crippen LogP contribution is 2.21. The van der Waals surface area contributed by atoms with Gasteiger partial charge in [0.25, 0.3) is 0 Å². The zero-order chi connectivity index (χ0) is 10.7. The number of thiophene rings is 1. The summed E-state index contributed by atoms with van der Waals surface area (Å²) < 4.78 is 0. The van der Waals surface area contributed by atoms with Crippen LogP contribution < -0.4 is 5.32 Å². The molecule has 2 heterocycles. The summed E-state index contributed by atoms with van der Waals surface area (Å²) >= 11 is 1.66. The Hall–Kier alpha value is -1.09. The molecule has 0 amide bonds. The van der Waals surface area contributed by atoms with E-state index in [1.807, 2.05) is 11.4 Å². The lowest BCUT2D eigenvalue weighted by Crippen LogP contribution is -2.33. The molecule has 0 aromatic carbocycles. The summed E-state index contributed by atoms with van der Waals surface area (Å²) in [6.07, 6.45) is 4.55. The Labute approximate surface area is 94.0 Å². The van der Waals surface area contributed by atoms with Crippen molar-refractivity contribution in [2.24, 2.45) is 0 Å². The number of ketones is 1. The van der Waals surface area contributed by atoms with Crippen LogP contribution in [0.15, 0.2) is 22.9 Å². The SMILES string of the molecule is CCC[C@H]1CC(=O)C=C(c2ccsc2)N1. The van der Waals surface area contributed by atoms with E-state index < -0.39 is 0 Å². The highest BCUT2D eigenvalue weighted by atomic mass is 32.1. The van der Waals surface area contributed by atoms with Gasteiger partial charge in [0.15, 0.2) is 5.78 Å². The highest BCUT2D eigenvalue weighted by molar-refractivity contribution is 7.08. The summed E-state index contributed by atoms with van der Waals surface area (Å²) in [5.41, 5.74) is 2.13. The Bertz CT molecular complexity index is 367. The third-order valence-corrected chi connectivity index (χ3v) is 3.27. The summed E-state index contributed by atoms with van der Waals surface area (Å²) in [7, 11) is 0. The molecule has 2 nitrogen and oxygen atoms in total. The van der Waals surface area contributed by atoms with Crippen molar-refractivity contribution < 1.29 is 4.79 Å². The average Bonchev–Trinajstić information content (AvgIpc) is 2.70. The van der Waals surface area contributed by atoms with Crippen LogP contribution in [0.25, 0.3) is 5.70 Å². The Kier molecular flexibility index (Phi) is 3.21. The lowest BCUT2D eigenvalue weighted by Gasteiger charge is -2.24. The van der Waals surface area contributed by atoms with E-state index in [0.29, 0.717) is 12.5 Å². The van der Waals surface area contributed by atoms with Crippen LogP contribution >= 0.6 is 11.3 Å². The van der Waals surface area contributed by atoms with Gasteiger partial charge in [0.05, 0.1) is 0 Å². The fourth-order valence-electron chi connectivity index (χ4n) is 1.88. The molecule has 1 aromatic rings. The van der Waals surface area contributed by atoms with Gasteiger partial charge in [-0.1, -0.05) is 13.3 Å². The quantitative estimate of drug-likeness (QED) is 0.850. The Morgan fingerprint density at radius 3 is 3.13 bits per heavy atom. The molecular formula is C12H15NOS. The molecule has 1 N–H and O–H groups in total. The summed E-state index contributed by atoms with van der Waals surface area (Å²) in [5, 5.41) is 7.54. The third-order valence-electron chi connectivity index (χ3n) is 2.58. The van der Waals surface area contributed by atoms with E-state index in [-0.39, 0.29) is 5.78 Å². The first-order valence-corrected chi connectivity index (χ1v) is 6.27. The van der Waals surface area contributed by atoms with Crippen LogP contribution in [-0.4, -0.2) is 11.8 Å². The van der Waals surface area contributed by atoms with Gasteiger partial charge in [0, 0.05) is 35.2 Å². The van der Waals surface area contributed by atoms with Gasteiger partial charge in [-0.2, -0.15) is 11.3 Å². The zero-order valence-electron chi connectivity index (χ0n) is 8.82. The third kappa shape index (κ3) is 2.48. The molecule has 0 saturated heterocycles. The predicted molar refractivity (Wildman–Crippen MR) is 63.8 cm³/mol. The number of rotatable bonds is 3. The first-order chi connectivity index (χ1) is 7.29. The molecule has 0 fully saturated rings. The van der Waals surface area contributed by atoms with Crippen molar-refractivity contribution in [2.75, 3.05) is 0 Å². The van der Waals surface area contributed by atoms with Gasteiger partial charge in [0.1, 0.15) is 0 Å². The van der Waals surface area contributed by atoms with E-state index in [0.717, 1.165) is 24.1 Å². The smallest absolute Gasteiger partial charge is 0.159 e. The topological polar surface area (TPSA) is 29.1 Å². The number of hydrogen-bond donors (Lipinski definition) is 1. The van der Waals surface area contributed by atoms with E-state index in [1.54, 1.807) is 17.4 Å². The molecule has 0 radical (unpaired) electrons. The molecule has 0 saturated carbocycles. The average molecular weight is 221 g/mol. The molecule has 1 atom stereocenters. The monoisotopic (exact) mass is 221 g/mol. The van der Waals surface area contributed by atoms with Gasteiger partial charge < -0.3 is 5.32 Å². The van der Waals surface area contributed by atoms with Crippen molar-refractivity contribution in [3.8, 4) is 0 Å². The van der Waals surface area contributed by atoms with E-state index in [4.69, 9.17) is 0 Å².